The van der Waals surface area contributed by atoms with Gasteiger partial charge in [-0.2, -0.15) is 0 Å². The van der Waals surface area contributed by atoms with Crippen molar-refractivity contribution in [3.05, 3.63) is 52.1 Å². The van der Waals surface area contributed by atoms with Crippen LogP contribution in [0.25, 0.3) is 0 Å². The van der Waals surface area contributed by atoms with Gasteiger partial charge in [0.1, 0.15) is 17.4 Å². The van der Waals surface area contributed by atoms with Crippen LogP contribution in [-0.4, -0.2) is 16.6 Å². The van der Waals surface area contributed by atoms with Gasteiger partial charge in [-0.15, -0.1) is 0 Å². The number of ether oxygens (including phenoxy) is 1. The third kappa shape index (κ3) is 1.84. The second-order valence-electron chi connectivity index (χ2n) is 4.28. The van der Waals surface area contributed by atoms with E-state index in [0.717, 1.165) is 17.7 Å². The predicted octanol–water partition coefficient (Wildman–Crippen LogP) is 1.27. The van der Waals surface area contributed by atoms with Gasteiger partial charge in [0.05, 0.1) is 6.61 Å². The first-order valence-corrected chi connectivity index (χ1v) is 5.82. The van der Waals surface area contributed by atoms with Gasteiger partial charge >= 0.3 is 0 Å². The van der Waals surface area contributed by atoms with E-state index in [2.05, 4.69) is 9.97 Å². The molecule has 1 unspecified atom stereocenters. The van der Waals surface area contributed by atoms with Crippen molar-refractivity contribution in [2.45, 2.75) is 12.3 Å². The number of fused-ring (bicyclic) bond motifs is 1. The summed E-state index contributed by atoms with van der Waals surface area (Å²) in [6.07, 6.45) is 0.781. The highest BCUT2D eigenvalue weighted by molar-refractivity contribution is 5.41. The highest BCUT2D eigenvalue weighted by Crippen LogP contribution is 2.36. The Bertz CT molecular complexity index is 636. The lowest BCUT2D eigenvalue weighted by atomic mass is 9.92. The summed E-state index contributed by atoms with van der Waals surface area (Å²) >= 11 is 0. The Hall–Kier alpha value is -2.30. The molecule has 2 heterocycles. The molecule has 1 aliphatic rings. The maximum Gasteiger partial charge on any atom is 0.252 e. The molecule has 0 amide bonds. The Kier molecular flexibility index (Phi) is 2.51. The minimum atomic E-state index is -0.221. The smallest absolute Gasteiger partial charge is 0.252 e. The number of nitrogens with two attached hydrogens (primary N) is 1. The topological polar surface area (TPSA) is 81.0 Å². The molecule has 0 fully saturated rings. The molecule has 0 radical (unpaired) electrons. The van der Waals surface area contributed by atoms with E-state index < -0.39 is 0 Å². The number of aromatic amines is 1. The van der Waals surface area contributed by atoms with E-state index in [1.807, 2.05) is 24.3 Å². The number of H-pyrrole nitrogens is 1. The maximum atomic E-state index is 11.5. The van der Waals surface area contributed by atoms with E-state index in [4.69, 9.17) is 10.5 Å². The van der Waals surface area contributed by atoms with Crippen LogP contribution in [0.3, 0.4) is 0 Å². The van der Waals surface area contributed by atoms with E-state index >= 15 is 0 Å². The van der Waals surface area contributed by atoms with Crippen LogP contribution in [-0.2, 0) is 0 Å². The molecular formula is C13H13N3O2. The Morgan fingerprint density at radius 3 is 3.06 bits per heavy atom. The highest BCUT2D eigenvalue weighted by Gasteiger charge is 2.24. The predicted molar refractivity (Wildman–Crippen MR) is 67.7 cm³/mol. The lowest BCUT2D eigenvalue weighted by Crippen LogP contribution is -2.21. The monoisotopic (exact) mass is 243 g/mol. The summed E-state index contributed by atoms with van der Waals surface area (Å²) in [5.74, 6) is 1.73. The number of nitrogen functional groups attached to an aromatic ring is 1. The fourth-order valence-corrected chi connectivity index (χ4v) is 2.29. The molecule has 18 heavy (non-hydrogen) atoms. The maximum absolute atomic E-state index is 11.5. The average Bonchev–Trinajstić information content (AvgIpc) is 2.37. The summed E-state index contributed by atoms with van der Waals surface area (Å²) < 4.78 is 5.58. The normalized spacial score (nSPS) is 17.9. The van der Waals surface area contributed by atoms with Crippen molar-refractivity contribution in [2.24, 2.45) is 0 Å². The highest BCUT2D eigenvalue weighted by atomic mass is 16.5. The van der Waals surface area contributed by atoms with Gasteiger partial charge in [-0.25, -0.2) is 4.98 Å². The standard InChI is InChI=1S/C13H13N3O2/c14-11-7-12(17)16-13(15-11)9-5-6-18-10-4-2-1-3-8(9)10/h1-4,7,9H,5-6H2,(H3,14,15,16,17). The van der Waals surface area contributed by atoms with Crippen LogP contribution in [0.5, 0.6) is 5.75 Å². The molecule has 1 aromatic heterocycles. The van der Waals surface area contributed by atoms with Gasteiger partial charge < -0.3 is 15.5 Å². The van der Waals surface area contributed by atoms with Crippen molar-refractivity contribution in [3.8, 4) is 5.75 Å². The first-order valence-electron chi connectivity index (χ1n) is 5.82. The lowest BCUT2D eigenvalue weighted by Gasteiger charge is -2.25. The van der Waals surface area contributed by atoms with Gasteiger partial charge in [0, 0.05) is 17.5 Å². The van der Waals surface area contributed by atoms with Crippen LogP contribution in [0, 0.1) is 0 Å². The van der Waals surface area contributed by atoms with E-state index in [0.29, 0.717) is 12.4 Å². The molecule has 0 spiro atoms. The third-order valence-electron chi connectivity index (χ3n) is 3.07. The fourth-order valence-electron chi connectivity index (χ4n) is 2.29. The Balaban J connectivity index is 2.11. The largest absolute Gasteiger partial charge is 0.493 e. The number of hydrogen-bond donors (Lipinski definition) is 2. The zero-order valence-corrected chi connectivity index (χ0v) is 9.72. The van der Waals surface area contributed by atoms with Gasteiger partial charge in [-0.3, -0.25) is 4.79 Å². The molecule has 1 aliphatic heterocycles. The number of hydrogen-bond acceptors (Lipinski definition) is 4. The van der Waals surface area contributed by atoms with Crippen LogP contribution in [0.4, 0.5) is 5.82 Å². The van der Waals surface area contributed by atoms with Crippen LogP contribution in [0.1, 0.15) is 23.7 Å². The average molecular weight is 243 g/mol. The van der Waals surface area contributed by atoms with E-state index in [9.17, 15) is 4.79 Å². The van der Waals surface area contributed by atoms with Crippen molar-refractivity contribution < 1.29 is 4.74 Å². The van der Waals surface area contributed by atoms with Crippen molar-refractivity contribution in [3.63, 3.8) is 0 Å². The van der Waals surface area contributed by atoms with Crippen LogP contribution >= 0.6 is 0 Å². The summed E-state index contributed by atoms with van der Waals surface area (Å²) in [5, 5.41) is 0. The number of rotatable bonds is 1. The first-order chi connectivity index (χ1) is 8.74. The summed E-state index contributed by atoms with van der Waals surface area (Å²) in [4.78, 5) is 18.4. The second kappa shape index (κ2) is 4.18. The van der Waals surface area contributed by atoms with E-state index in [1.54, 1.807) is 0 Å². The summed E-state index contributed by atoms with van der Waals surface area (Å²) in [6, 6.07) is 9.07. The quantitative estimate of drug-likeness (QED) is 0.790. The van der Waals surface area contributed by atoms with E-state index in [-0.39, 0.29) is 17.3 Å². The molecule has 0 saturated heterocycles. The van der Waals surface area contributed by atoms with Crippen molar-refractivity contribution in [2.75, 3.05) is 12.3 Å². The lowest BCUT2D eigenvalue weighted by molar-refractivity contribution is 0.274. The van der Waals surface area contributed by atoms with Crippen LogP contribution < -0.4 is 16.0 Å². The fraction of sp³-hybridized carbons (Fsp3) is 0.231. The van der Waals surface area contributed by atoms with Crippen molar-refractivity contribution in [1.82, 2.24) is 9.97 Å². The molecule has 3 N–H and O–H groups in total. The van der Waals surface area contributed by atoms with Crippen molar-refractivity contribution in [1.29, 1.82) is 0 Å². The number of anilines is 1. The molecule has 5 nitrogen and oxygen atoms in total. The molecule has 0 bridgehead atoms. The van der Waals surface area contributed by atoms with E-state index in [1.165, 1.54) is 6.07 Å². The Morgan fingerprint density at radius 2 is 2.22 bits per heavy atom. The molecule has 1 atom stereocenters. The van der Waals surface area contributed by atoms with Gasteiger partial charge in [-0.1, -0.05) is 18.2 Å². The molecule has 1 aromatic carbocycles. The summed E-state index contributed by atoms with van der Waals surface area (Å²) in [5.41, 5.74) is 6.44. The molecule has 2 aromatic rings. The number of nitrogens with zero attached hydrogens (tertiary/aromatic N) is 1. The van der Waals surface area contributed by atoms with Gasteiger partial charge in [0.2, 0.25) is 0 Å². The molecule has 5 heteroatoms. The second-order valence-corrected chi connectivity index (χ2v) is 4.28. The van der Waals surface area contributed by atoms with Gasteiger partial charge in [-0.05, 0) is 12.5 Å². The first kappa shape index (κ1) is 10.8. The van der Waals surface area contributed by atoms with Gasteiger partial charge in [0.15, 0.2) is 0 Å². The third-order valence-corrected chi connectivity index (χ3v) is 3.07. The number of benzene rings is 1. The Labute approximate surface area is 104 Å². The number of para-hydroxylation sites is 1. The van der Waals surface area contributed by atoms with Crippen LogP contribution in [0.2, 0.25) is 0 Å². The van der Waals surface area contributed by atoms with Crippen molar-refractivity contribution >= 4 is 5.82 Å². The zero-order valence-electron chi connectivity index (χ0n) is 9.72. The number of aromatic nitrogens is 2. The SMILES string of the molecule is Nc1cc(=O)[nH]c(C2CCOc3ccccc32)n1. The molecular weight excluding hydrogens is 230 g/mol. The molecule has 0 aliphatic carbocycles. The molecule has 3 rings (SSSR count). The minimum absolute atomic E-state index is 0.0335. The van der Waals surface area contributed by atoms with Crippen LogP contribution in [0.15, 0.2) is 35.1 Å². The molecule has 92 valence electrons. The van der Waals surface area contributed by atoms with Gasteiger partial charge in [0.25, 0.3) is 5.56 Å². The summed E-state index contributed by atoms with van der Waals surface area (Å²) in [6.45, 7) is 0.611. The summed E-state index contributed by atoms with van der Waals surface area (Å²) in [7, 11) is 0. The minimum Gasteiger partial charge on any atom is -0.493 e. The Morgan fingerprint density at radius 1 is 1.39 bits per heavy atom. The number of nitrogens with one attached hydrogen (secondary N) is 1. The molecule has 0 saturated carbocycles. The zero-order chi connectivity index (χ0) is 12.5.